The highest BCUT2D eigenvalue weighted by molar-refractivity contribution is 7.82. The summed E-state index contributed by atoms with van der Waals surface area (Å²) >= 11 is 0. The maximum atomic E-state index is 14.4. The lowest BCUT2D eigenvalue weighted by molar-refractivity contribution is -0.137. The average molecular weight is 585 g/mol. The zero-order chi connectivity index (χ0) is 29.4. The van der Waals surface area contributed by atoms with Crippen LogP contribution in [0.15, 0.2) is 53.6 Å². The number of hydrogen-bond donors (Lipinski definition) is 3. The van der Waals surface area contributed by atoms with E-state index in [1.165, 1.54) is 19.2 Å². The smallest absolute Gasteiger partial charge is 0.304 e. The lowest BCUT2D eigenvalue weighted by Gasteiger charge is -2.27. The zero-order valence-electron chi connectivity index (χ0n) is 23.0. The van der Waals surface area contributed by atoms with E-state index >= 15 is 0 Å². The molecule has 0 amide bonds. The largest absolute Gasteiger partial charge is 0.481 e. The van der Waals surface area contributed by atoms with Crippen LogP contribution < -0.4 is 21.5 Å². The second kappa shape index (κ2) is 11.7. The standard InChI is InChI=1S/C29H34F2N6O3S/c1-17-7-8-18(22(14-25(38)39)21-9-10-23(35(2)33)27(32)26(21)28(30)31)13-19(17)15-36-16-20-5-4-12-37(20)29-24(41(36)40)6-3-11-34-29/h3,6-11,13,20,22,28H,4-5,12,14-16,32-33H2,1-2H3,(H,38,39)/t20-,22?,41?/m1/s1. The second-order valence-electron chi connectivity index (χ2n) is 10.6. The second-order valence-corrected chi connectivity index (χ2v) is 12.1. The van der Waals surface area contributed by atoms with Gasteiger partial charge in [0.15, 0.2) is 0 Å². The highest BCUT2D eigenvalue weighted by Gasteiger charge is 2.36. The zero-order valence-corrected chi connectivity index (χ0v) is 23.8. The van der Waals surface area contributed by atoms with Gasteiger partial charge in [-0.3, -0.25) is 4.79 Å². The molecule has 2 unspecified atom stereocenters. The third kappa shape index (κ3) is 5.64. The molecular formula is C29H34F2N6O3S. The third-order valence-corrected chi connectivity index (χ3v) is 9.45. The lowest BCUT2D eigenvalue weighted by atomic mass is 9.83. The summed E-state index contributed by atoms with van der Waals surface area (Å²) in [5, 5.41) is 10.9. The minimum atomic E-state index is -2.94. The van der Waals surface area contributed by atoms with Crippen LogP contribution in [0.4, 0.5) is 26.0 Å². The van der Waals surface area contributed by atoms with E-state index in [4.69, 9.17) is 11.6 Å². The number of nitrogen functional groups attached to an aromatic ring is 1. The van der Waals surface area contributed by atoms with Crippen molar-refractivity contribution in [2.24, 2.45) is 5.84 Å². The Hall–Kier alpha value is -3.61. The van der Waals surface area contributed by atoms with Crippen molar-refractivity contribution in [2.45, 2.75) is 56.0 Å². The van der Waals surface area contributed by atoms with Crippen LogP contribution in [0, 0.1) is 6.92 Å². The summed E-state index contributed by atoms with van der Waals surface area (Å²) < 4.78 is 44.5. The summed E-state index contributed by atoms with van der Waals surface area (Å²) in [6.07, 6.45) is 0.366. The van der Waals surface area contributed by atoms with Crippen molar-refractivity contribution in [3.05, 3.63) is 76.5 Å². The topological polar surface area (TPSA) is 129 Å². The van der Waals surface area contributed by atoms with E-state index in [0.29, 0.717) is 23.5 Å². The predicted octanol–water partition coefficient (Wildman–Crippen LogP) is 4.33. The first-order valence-electron chi connectivity index (χ1n) is 13.4. The molecule has 5 rings (SSSR count). The number of alkyl halides is 2. The number of carboxylic acid groups (broad SMARTS) is 1. The Bertz CT molecular complexity index is 1490. The molecule has 2 aliphatic rings. The number of nitrogens with two attached hydrogens (primary N) is 2. The molecule has 9 nitrogen and oxygen atoms in total. The molecule has 0 bridgehead atoms. The lowest BCUT2D eigenvalue weighted by Crippen LogP contribution is -2.38. The van der Waals surface area contributed by atoms with E-state index in [-0.39, 0.29) is 23.0 Å². The fraction of sp³-hybridized carbons (Fsp3) is 0.379. The molecule has 3 aromatic rings. The van der Waals surface area contributed by atoms with Gasteiger partial charge >= 0.3 is 5.97 Å². The summed E-state index contributed by atoms with van der Waals surface area (Å²) in [7, 11) is 0.0258. The monoisotopic (exact) mass is 584 g/mol. The Kier molecular flexibility index (Phi) is 8.25. The van der Waals surface area contributed by atoms with Crippen molar-refractivity contribution < 1.29 is 22.9 Å². The molecule has 1 fully saturated rings. The number of aliphatic carboxylic acids is 1. The molecule has 218 valence electrons. The maximum Gasteiger partial charge on any atom is 0.304 e. The van der Waals surface area contributed by atoms with Gasteiger partial charge in [-0.25, -0.2) is 28.1 Å². The van der Waals surface area contributed by atoms with Crippen LogP contribution in [0.5, 0.6) is 0 Å². The van der Waals surface area contributed by atoms with Crippen molar-refractivity contribution >= 4 is 34.1 Å². The molecule has 0 saturated carbocycles. The van der Waals surface area contributed by atoms with Crippen LogP contribution in [0.2, 0.25) is 0 Å². The van der Waals surface area contributed by atoms with Crippen molar-refractivity contribution in [3.63, 3.8) is 0 Å². The molecule has 1 aromatic heterocycles. The first kappa shape index (κ1) is 28.9. The van der Waals surface area contributed by atoms with Gasteiger partial charge in [0.05, 0.1) is 22.7 Å². The average Bonchev–Trinajstić information content (AvgIpc) is 3.35. The Balaban J connectivity index is 1.54. The Morgan fingerprint density at radius 1 is 1.27 bits per heavy atom. The van der Waals surface area contributed by atoms with Crippen LogP contribution in [0.25, 0.3) is 0 Å². The SMILES string of the molecule is Cc1ccc(C(CC(=O)O)c2ccc(N(C)N)c(N)c2C(F)F)cc1CN1C[C@H]2CCCN2c2ncccc2S1=O. The summed E-state index contributed by atoms with van der Waals surface area (Å²) in [5.74, 6) is 4.53. The highest BCUT2D eigenvalue weighted by Crippen LogP contribution is 2.42. The molecule has 5 N–H and O–H groups in total. The van der Waals surface area contributed by atoms with Gasteiger partial charge in [0.2, 0.25) is 0 Å². The van der Waals surface area contributed by atoms with Crippen molar-refractivity contribution in [1.29, 1.82) is 0 Å². The Labute approximate surface area is 240 Å². The first-order valence-corrected chi connectivity index (χ1v) is 14.6. The van der Waals surface area contributed by atoms with Crippen molar-refractivity contribution in [3.8, 4) is 0 Å². The minimum absolute atomic E-state index is 0.139. The maximum absolute atomic E-state index is 14.4. The Morgan fingerprint density at radius 3 is 2.76 bits per heavy atom. The number of aromatic nitrogens is 1. The number of carboxylic acids is 1. The first-order chi connectivity index (χ1) is 19.6. The molecule has 2 aromatic carbocycles. The number of rotatable bonds is 8. The molecule has 0 radical (unpaired) electrons. The minimum Gasteiger partial charge on any atom is -0.481 e. The molecule has 2 aliphatic heterocycles. The van der Waals surface area contributed by atoms with E-state index < -0.39 is 41.3 Å². The van der Waals surface area contributed by atoms with E-state index in [9.17, 15) is 22.9 Å². The number of pyridine rings is 1. The van der Waals surface area contributed by atoms with E-state index in [1.807, 2.05) is 29.4 Å². The van der Waals surface area contributed by atoms with Gasteiger partial charge in [0, 0.05) is 50.4 Å². The van der Waals surface area contributed by atoms with Gasteiger partial charge in [0.1, 0.15) is 16.8 Å². The van der Waals surface area contributed by atoms with Gasteiger partial charge in [-0.05, 0) is 60.2 Å². The van der Waals surface area contributed by atoms with Gasteiger partial charge in [0.25, 0.3) is 6.43 Å². The number of halogens is 2. The van der Waals surface area contributed by atoms with Crippen LogP contribution in [0.1, 0.15) is 59.4 Å². The third-order valence-electron chi connectivity index (χ3n) is 8.01. The summed E-state index contributed by atoms with van der Waals surface area (Å²) in [4.78, 5) is 19.4. The molecule has 0 aliphatic carbocycles. The fourth-order valence-corrected chi connectivity index (χ4v) is 7.31. The Morgan fingerprint density at radius 2 is 2.05 bits per heavy atom. The number of carbonyl (C=O) groups is 1. The summed E-state index contributed by atoms with van der Waals surface area (Å²) in [6, 6.07) is 12.3. The number of aryl methyl sites for hydroxylation is 1. The molecule has 1 saturated heterocycles. The van der Waals surface area contributed by atoms with E-state index in [0.717, 1.165) is 41.3 Å². The quantitative estimate of drug-likeness (QED) is 0.203. The number of anilines is 3. The number of hydrazine groups is 1. The van der Waals surface area contributed by atoms with Gasteiger partial charge in [-0.2, -0.15) is 0 Å². The molecule has 3 atom stereocenters. The van der Waals surface area contributed by atoms with Gasteiger partial charge in [-0.1, -0.05) is 24.3 Å². The number of nitrogens with zero attached hydrogens (tertiary/aromatic N) is 4. The van der Waals surface area contributed by atoms with Crippen molar-refractivity contribution in [1.82, 2.24) is 9.29 Å². The van der Waals surface area contributed by atoms with Gasteiger partial charge < -0.3 is 20.7 Å². The van der Waals surface area contributed by atoms with Crippen LogP contribution in [-0.4, -0.2) is 50.8 Å². The summed E-state index contributed by atoms with van der Waals surface area (Å²) in [6.45, 7) is 3.70. The highest BCUT2D eigenvalue weighted by atomic mass is 32.2. The molecule has 3 heterocycles. The molecule has 0 spiro atoms. The van der Waals surface area contributed by atoms with Crippen LogP contribution >= 0.6 is 0 Å². The predicted molar refractivity (Wildman–Crippen MR) is 155 cm³/mol. The van der Waals surface area contributed by atoms with Crippen LogP contribution in [0.3, 0.4) is 0 Å². The molecule has 12 heteroatoms. The number of benzene rings is 2. The van der Waals surface area contributed by atoms with Crippen LogP contribution in [-0.2, 0) is 22.3 Å². The van der Waals surface area contributed by atoms with Gasteiger partial charge in [-0.15, -0.1) is 0 Å². The molecule has 41 heavy (non-hydrogen) atoms. The molecular weight excluding hydrogens is 550 g/mol. The fourth-order valence-electron chi connectivity index (χ4n) is 5.95. The van der Waals surface area contributed by atoms with E-state index in [2.05, 4.69) is 9.88 Å². The number of fused-ring (bicyclic) bond motifs is 3. The van der Waals surface area contributed by atoms with Crippen molar-refractivity contribution in [2.75, 3.05) is 35.8 Å². The number of hydrogen-bond acceptors (Lipinski definition) is 7. The normalized spacial score (nSPS) is 19.5. The van der Waals surface area contributed by atoms with E-state index in [1.54, 1.807) is 18.3 Å². The summed E-state index contributed by atoms with van der Waals surface area (Å²) in [5.41, 5.74) is 8.21.